The minimum Gasteiger partial charge on any atom is -0.335 e. The molecule has 2 heterocycles. The number of para-hydroxylation sites is 2. The number of benzene rings is 2. The number of rotatable bonds is 1. The molecule has 0 unspecified atom stereocenters. The lowest BCUT2D eigenvalue weighted by Crippen LogP contribution is -1.82. The highest BCUT2D eigenvalue weighted by Gasteiger charge is 2.11. The van der Waals surface area contributed by atoms with Gasteiger partial charge in [-0.05, 0) is 37.1 Å². The molecule has 98 valence electrons. The van der Waals surface area contributed by atoms with Crippen molar-refractivity contribution in [3.8, 4) is 11.6 Å². The number of nitrogens with zero attached hydrogens (tertiary/aromatic N) is 2. The fourth-order valence-corrected chi connectivity index (χ4v) is 2.58. The average Bonchev–Trinajstić information content (AvgIpc) is 3.03. The van der Waals surface area contributed by atoms with Crippen LogP contribution in [-0.2, 0) is 0 Å². The molecule has 20 heavy (non-hydrogen) atoms. The van der Waals surface area contributed by atoms with Crippen molar-refractivity contribution in [3.63, 3.8) is 0 Å². The first-order chi connectivity index (χ1) is 9.72. The number of hydrogen-bond donors (Lipinski definition) is 2. The number of nitrogens with one attached hydrogen (secondary N) is 2. The molecule has 2 N–H and O–H groups in total. The van der Waals surface area contributed by atoms with Gasteiger partial charge < -0.3 is 9.97 Å². The lowest BCUT2D eigenvalue weighted by Gasteiger charge is -1.90. The topological polar surface area (TPSA) is 57.4 Å². The third-order valence-electron chi connectivity index (χ3n) is 3.65. The molecule has 0 bridgehead atoms. The van der Waals surface area contributed by atoms with Crippen molar-refractivity contribution in [1.29, 1.82) is 0 Å². The Hall–Kier alpha value is -2.62. The van der Waals surface area contributed by atoms with Crippen LogP contribution in [0.5, 0.6) is 0 Å². The van der Waals surface area contributed by atoms with Crippen LogP contribution in [0.4, 0.5) is 0 Å². The van der Waals surface area contributed by atoms with Crippen molar-refractivity contribution in [2.75, 3.05) is 0 Å². The highest BCUT2D eigenvalue weighted by atomic mass is 15.0. The number of fused-ring (bicyclic) bond motifs is 2. The molecule has 4 rings (SSSR count). The summed E-state index contributed by atoms with van der Waals surface area (Å²) in [5.74, 6) is 1.56. The zero-order chi connectivity index (χ0) is 13.7. The Morgan fingerprint density at radius 3 is 1.55 bits per heavy atom. The minimum absolute atomic E-state index is 0.782. The molecule has 0 saturated heterocycles. The molecule has 0 atom stereocenters. The van der Waals surface area contributed by atoms with E-state index in [1.54, 1.807) is 0 Å². The number of imidazole rings is 2. The van der Waals surface area contributed by atoms with Crippen LogP contribution in [0.25, 0.3) is 33.7 Å². The molecule has 4 heteroatoms. The van der Waals surface area contributed by atoms with Crippen molar-refractivity contribution in [2.45, 2.75) is 13.8 Å². The van der Waals surface area contributed by atoms with Gasteiger partial charge in [0.1, 0.15) is 0 Å². The summed E-state index contributed by atoms with van der Waals surface area (Å²) in [5, 5.41) is 0. The first-order valence-corrected chi connectivity index (χ1v) is 6.63. The molecular weight excluding hydrogens is 248 g/mol. The maximum Gasteiger partial charge on any atom is 0.174 e. The van der Waals surface area contributed by atoms with Crippen molar-refractivity contribution in [3.05, 3.63) is 47.5 Å². The number of H-pyrrole nitrogens is 2. The summed E-state index contributed by atoms with van der Waals surface area (Å²) in [6.07, 6.45) is 0. The zero-order valence-electron chi connectivity index (χ0n) is 11.4. The van der Waals surface area contributed by atoms with Crippen molar-refractivity contribution in [1.82, 2.24) is 19.9 Å². The summed E-state index contributed by atoms with van der Waals surface area (Å²) >= 11 is 0. The molecule has 4 nitrogen and oxygen atoms in total. The summed E-state index contributed by atoms with van der Waals surface area (Å²) in [6.45, 7) is 4.13. The van der Waals surface area contributed by atoms with Gasteiger partial charge in [0.05, 0.1) is 22.1 Å². The molecule has 0 spiro atoms. The summed E-state index contributed by atoms with van der Waals surface area (Å²) < 4.78 is 0. The van der Waals surface area contributed by atoms with Gasteiger partial charge in [-0.2, -0.15) is 0 Å². The first kappa shape index (κ1) is 11.2. The quantitative estimate of drug-likeness (QED) is 0.549. The smallest absolute Gasteiger partial charge is 0.174 e. The van der Waals surface area contributed by atoms with Gasteiger partial charge >= 0.3 is 0 Å². The molecule has 0 fully saturated rings. The van der Waals surface area contributed by atoms with Crippen molar-refractivity contribution >= 4 is 22.1 Å². The molecule has 4 aromatic rings. The molecule has 0 aliphatic rings. The van der Waals surface area contributed by atoms with Gasteiger partial charge in [-0.15, -0.1) is 0 Å². The monoisotopic (exact) mass is 262 g/mol. The van der Waals surface area contributed by atoms with E-state index in [0.717, 1.165) is 44.8 Å². The zero-order valence-corrected chi connectivity index (χ0v) is 11.4. The van der Waals surface area contributed by atoms with Gasteiger partial charge in [-0.3, -0.25) is 0 Å². The van der Waals surface area contributed by atoms with Crippen LogP contribution >= 0.6 is 0 Å². The maximum absolute atomic E-state index is 4.66. The van der Waals surface area contributed by atoms with Crippen molar-refractivity contribution in [2.24, 2.45) is 0 Å². The summed E-state index contributed by atoms with van der Waals surface area (Å²) in [4.78, 5) is 16.0. The molecule has 0 amide bonds. The number of aryl methyl sites for hydroxylation is 2. The SMILES string of the molecule is Cc1cccc2[nH]c(-c3nc4c(C)cccc4[nH]3)nc12. The first-order valence-electron chi connectivity index (χ1n) is 6.63. The second kappa shape index (κ2) is 3.93. The fourth-order valence-electron chi connectivity index (χ4n) is 2.58. The lowest BCUT2D eigenvalue weighted by atomic mass is 10.2. The van der Waals surface area contributed by atoms with Gasteiger partial charge in [0.2, 0.25) is 0 Å². The summed E-state index contributed by atoms with van der Waals surface area (Å²) in [5.41, 5.74) is 6.41. The van der Waals surface area contributed by atoms with E-state index in [1.165, 1.54) is 0 Å². The van der Waals surface area contributed by atoms with E-state index < -0.39 is 0 Å². The molecule has 2 aromatic carbocycles. The Bertz CT molecular complexity index is 852. The third kappa shape index (κ3) is 1.54. The lowest BCUT2D eigenvalue weighted by molar-refractivity contribution is 1.22. The third-order valence-corrected chi connectivity index (χ3v) is 3.65. The normalized spacial score (nSPS) is 11.5. The largest absolute Gasteiger partial charge is 0.335 e. The Balaban J connectivity index is 1.96. The van der Waals surface area contributed by atoms with E-state index in [9.17, 15) is 0 Å². The van der Waals surface area contributed by atoms with E-state index in [-0.39, 0.29) is 0 Å². The van der Waals surface area contributed by atoms with Crippen molar-refractivity contribution < 1.29 is 0 Å². The standard InChI is InChI=1S/C16H14N4/c1-9-5-3-7-11-13(9)19-15(17-11)16-18-12-8-4-6-10(2)14(12)20-16/h3-8H,1-2H3,(H,17,19)(H,18,20). The van der Waals surface area contributed by atoms with Gasteiger partial charge in [0.25, 0.3) is 0 Å². The second-order valence-corrected chi connectivity index (χ2v) is 5.11. The van der Waals surface area contributed by atoms with Gasteiger partial charge in [0.15, 0.2) is 11.6 Å². The highest BCUT2D eigenvalue weighted by Crippen LogP contribution is 2.24. The van der Waals surface area contributed by atoms with Crippen LogP contribution < -0.4 is 0 Å². The van der Waals surface area contributed by atoms with E-state index in [2.05, 4.69) is 45.9 Å². The molecular formula is C16H14N4. The van der Waals surface area contributed by atoms with E-state index >= 15 is 0 Å². The van der Waals surface area contributed by atoms with Crippen LogP contribution in [0.3, 0.4) is 0 Å². The van der Waals surface area contributed by atoms with Crippen LogP contribution in [0, 0.1) is 13.8 Å². The van der Waals surface area contributed by atoms with Gasteiger partial charge in [0, 0.05) is 0 Å². The van der Waals surface area contributed by atoms with E-state index in [0.29, 0.717) is 0 Å². The van der Waals surface area contributed by atoms with Crippen LogP contribution in [0.2, 0.25) is 0 Å². The highest BCUT2D eigenvalue weighted by molar-refractivity contribution is 5.84. The minimum atomic E-state index is 0.782. The Morgan fingerprint density at radius 2 is 1.15 bits per heavy atom. The Morgan fingerprint density at radius 1 is 0.700 bits per heavy atom. The molecule has 0 saturated carbocycles. The summed E-state index contributed by atoms with van der Waals surface area (Å²) in [7, 11) is 0. The van der Waals surface area contributed by atoms with Gasteiger partial charge in [-0.25, -0.2) is 9.97 Å². The molecule has 0 aliphatic heterocycles. The van der Waals surface area contributed by atoms with E-state index in [4.69, 9.17) is 0 Å². The predicted octanol–water partition coefficient (Wildman–Crippen LogP) is 3.72. The Kier molecular flexibility index (Phi) is 2.21. The number of aromatic nitrogens is 4. The Labute approximate surface area is 115 Å². The van der Waals surface area contributed by atoms with E-state index in [1.807, 2.05) is 24.3 Å². The average molecular weight is 262 g/mol. The predicted molar refractivity (Wildman–Crippen MR) is 80.7 cm³/mol. The number of aromatic amines is 2. The molecule has 0 aliphatic carbocycles. The summed E-state index contributed by atoms with van der Waals surface area (Å²) in [6, 6.07) is 12.3. The molecule has 2 aromatic heterocycles. The second-order valence-electron chi connectivity index (χ2n) is 5.11. The molecule has 0 radical (unpaired) electrons. The van der Waals surface area contributed by atoms with Crippen LogP contribution in [0.15, 0.2) is 36.4 Å². The maximum atomic E-state index is 4.66. The number of hydrogen-bond acceptors (Lipinski definition) is 2. The fraction of sp³-hybridized carbons (Fsp3) is 0.125. The van der Waals surface area contributed by atoms with Gasteiger partial charge in [-0.1, -0.05) is 24.3 Å². The van der Waals surface area contributed by atoms with Crippen LogP contribution in [0.1, 0.15) is 11.1 Å². The van der Waals surface area contributed by atoms with Crippen LogP contribution in [-0.4, -0.2) is 19.9 Å².